The molecule has 6 rings (SSSR count). The molecule has 0 spiro atoms. The summed E-state index contributed by atoms with van der Waals surface area (Å²) in [6.45, 7) is 7.42. The highest BCUT2D eigenvalue weighted by molar-refractivity contribution is 5.82. The lowest BCUT2D eigenvalue weighted by Gasteiger charge is -2.41. The standard InChI is InChI=1S/C27H44F2N6O2/c1-16-3-4-23(29)22-12-24(31-25(16)22)26(36)30-18-9-17(28)10-20(11-18)33-6-5-19(14-33)34-7-8-35-21(15-34)13-32(2)27(35)37/h16-25,31H,3-15H2,1-2H3,(H,30,36)/t16?,17?,18?,19-,20?,21+,22?,23?,24?,25?/m0/s1. The van der Waals surface area contributed by atoms with E-state index in [-0.39, 0.29) is 48.1 Å². The quantitative estimate of drug-likeness (QED) is 0.587. The molecule has 2 aliphatic carbocycles. The van der Waals surface area contributed by atoms with E-state index in [0.717, 1.165) is 58.5 Å². The smallest absolute Gasteiger partial charge is 0.320 e. The van der Waals surface area contributed by atoms with Gasteiger partial charge in [-0.2, -0.15) is 0 Å². The van der Waals surface area contributed by atoms with Crippen molar-refractivity contribution in [1.29, 1.82) is 0 Å². The van der Waals surface area contributed by atoms with Gasteiger partial charge in [-0.05, 0) is 50.9 Å². The minimum absolute atomic E-state index is 0.0682. The molecule has 6 aliphatic rings. The Balaban J connectivity index is 1.01. The van der Waals surface area contributed by atoms with Crippen LogP contribution in [0.3, 0.4) is 0 Å². The molecule has 2 saturated carbocycles. The van der Waals surface area contributed by atoms with Crippen LogP contribution in [0.25, 0.3) is 0 Å². The van der Waals surface area contributed by atoms with Gasteiger partial charge < -0.3 is 20.4 Å². The molecule has 8 unspecified atom stereocenters. The summed E-state index contributed by atoms with van der Waals surface area (Å²) in [5.41, 5.74) is 0. The van der Waals surface area contributed by atoms with Gasteiger partial charge in [-0.15, -0.1) is 0 Å². The number of nitrogens with one attached hydrogen (secondary N) is 2. The molecule has 10 atom stereocenters. The molecule has 3 amide bonds. The second kappa shape index (κ2) is 10.2. The predicted octanol–water partition coefficient (Wildman–Crippen LogP) is 1.60. The van der Waals surface area contributed by atoms with Crippen LogP contribution in [-0.2, 0) is 4.79 Å². The van der Waals surface area contributed by atoms with Gasteiger partial charge in [-0.3, -0.25) is 14.6 Å². The van der Waals surface area contributed by atoms with E-state index in [1.54, 1.807) is 0 Å². The van der Waals surface area contributed by atoms with Crippen LogP contribution >= 0.6 is 0 Å². The Morgan fingerprint density at radius 3 is 2.51 bits per heavy atom. The van der Waals surface area contributed by atoms with E-state index in [1.807, 2.05) is 16.8 Å². The first-order chi connectivity index (χ1) is 17.8. The normalized spacial score (nSPS) is 45.2. The van der Waals surface area contributed by atoms with Crippen molar-refractivity contribution in [3.05, 3.63) is 0 Å². The molecule has 0 bridgehead atoms. The van der Waals surface area contributed by atoms with Gasteiger partial charge in [0.2, 0.25) is 5.91 Å². The topological polar surface area (TPSA) is 71.2 Å². The maximum Gasteiger partial charge on any atom is 0.320 e. The first kappa shape index (κ1) is 25.7. The minimum Gasteiger partial charge on any atom is -0.352 e. The van der Waals surface area contributed by atoms with E-state index in [1.165, 1.54) is 0 Å². The Labute approximate surface area is 219 Å². The number of urea groups is 1. The van der Waals surface area contributed by atoms with E-state index >= 15 is 0 Å². The van der Waals surface area contributed by atoms with Gasteiger partial charge in [-0.1, -0.05) is 6.92 Å². The van der Waals surface area contributed by atoms with Crippen molar-refractivity contribution in [3.8, 4) is 0 Å². The summed E-state index contributed by atoms with van der Waals surface area (Å²) >= 11 is 0. The number of alkyl halides is 2. The maximum absolute atomic E-state index is 14.9. The zero-order valence-electron chi connectivity index (χ0n) is 22.3. The molecule has 0 aromatic rings. The third-order valence-electron chi connectivity index (χ3n) is 10.4. The van der Waals surface area contributed by atoms with Crippen LogP contribution in [0.2, 0.25) is 0 Å². The summed E-state index contributed by atoms with van der Waals surface area (Å²) in [5.74, 6) is 0.212. The zero-order chi connectivity index (χ0) is 25.8. The monoisotopic (exact) mass is 522 g/mol. The fraction of sp³-hybridized carbons (Fsp3) is 0.926. The van der Waals surface area contributed by atoms with Gasteiger partial charge in [0.15, 0.2) is 0 Å². The molecule has 37 heavy (non-hydrogen) atoms. The number of amides is 3. The second-order valence-corrected chi connectivity index (χ2v) is 12.8. The molecular formula is C27H44F2N6O2. The summed E-state index contributed by atoms with van der Waals surface area (Å²) in [6.07, 6.45) is 2.99. The molecule has 208 valence electrons. The summed E-state index contributed by atoms with van der Waals surface area (Å²) in [7, 11) is 1.88. The van der Waals surface area contributed by atoms with E-state index < -0.39 is 12.3 Å². The first-order valence-electron chi connectivity index (χ1n) is 14.6. The van der Waals surface area contributed by atoms with E-state index in [9.17, 15) is 18.4 Å². The van der Waals surface area contributed by atoms with Crippen molar-refractivity contribution >= 4 is 11.9 Å². The van der Waals surface area contributed by atoms with E-state index in [0.29, 0.717) is 37.6 Å². The number of hydrogen-bond acceptors (Lipinski definition) is 5. The Morgan fingerprint density at radius 1 is 0.919 bits per heavy atom. The molecule has 10 heteroatoms. The first-order valence-corrected chi connectivity index (χ1v) is 14.6. The average Bonchev–Trinajstić information content (AvgIpc) is 3.60. The molecule has 4 heterocycles. The number of halogens is 2. The maximum atomic E-state index is 14.9. The average molecular weight is 523 g/mol. The molecule has 2 N–H and O–H groups in total. The highest BCUT2D eigenvalue weighted by Gasteiger charge is 2.47. The summed E-state index contributed by atoms with van der Waals surface area (Å²) in [6, 6.07) is 0.516. The molecule has 6 fully saturated rings. The van der Waals surface area contributed by atoms with Crippen LogP contribution in [0.15, 0.2) is 0 Å². The predicted molar refractivity (Wildman–Crippen MR) is 137 cm³/mol. The van der Waals surface area contributed by atoms with E-state index in [4.69, 9.17) is 0 Å². The van der Waals surface area contributed by atoms with Gasteiger partial charge in [0, 0.05) is 76.4 Å². The van der Waals surface area contributed by atoms with Crippen molar-refractivity contribution in [2.75, 3.05) is 46.3 Å². The zero-order valence-corrected chi connectivity index (χ0v) is 22.3. The number of rotatable bonds is 4. The number of carbonyl (C=O) groups is 2. The van der Waals surface area contributed by atoms with Crippen LogP contribution in [0.4, 0.5) is 13.6 Å². The summed E-state index contributed by atoms with van der Waals surface area (Å²) in [5, 5.41) is 6.56. The lowest BCUT2D eigenvalue weighted by atomic mass is 9.77. The lowest BCUT2D eigenvalue weighted by molar-refractivity contribution is -0.124. The highest BCUT2D eigenvalue weighted by Crippen LogP contribution is 2.39. The largest absolute Gasteiger partial charge is 0.352 e. The van der Waals surface area contributed by atoms with Crippen LogP contribution in [0.5, 0.6) is 0 Å². The van der Waals surface area contributed by atoms with Gasteiger partial charge in [0.25, 0.3) is 0 Å². The Bertz CT molecular complexity index is 862. The van der Waals surface area contributed by atoms with Crippen LogP contribution < -0.4 is 10.6 Å². The Hall–Kier alpha value is -1.52. The number of likely N-dealkylation sites (tertiary alicyclic amines) is 1. The number of hydrogen-bond donors (Lipinski definition) is 2. The number of fused-ring (bicyclic) bond motifs is 2. The number of likely N-dealkylation sites (N-methyl/N-ethyl adjacent to an activating group) is 1. The second-order valence-electron chi connectivity index (χ2n) is 12.8. The van der Waals surface area contributed by atoms with Crippen molar-refractivity contribution in [2.45, 2.75) is 100 Å². The summed E-state index contributed by atoms with van der Waals surface area (Å²) < 4.78 is 29.4. The van der Waals surface area contributed by atoms with Crippen LogP contribution in [0.1, 0.15) is 51.9 Å². The van der Waals surface area contributed by atoms with Crippen LogP contribution in [0, 0.1) is 11.8 Å². The number of carbonyl (C=O) groups excluding carboxylic acids is 2. The van der Waals surface area contributed by atoms with Crippen molar-refractivity contribution in [3.63, 3.8) is 0 Å². The minimum atomic E-state index is -0.916. The third kappa shape index (κ3) is 4.98. The Kier molecular flexibility index (Phi) is 7.11. The van der Waals surface area contributed by atoms with Gasteiger partial charge in [0.05, 0.1) is 12.1 Å². The SMILES string of the molecule is CC1CCC(F)C2CC(C(=O)NC3CC(F)CC(N4CC[C@H](N5CCN6C(=O)N(C)C[C@@H]6C5)C4)C3)NC12. The molecule has 8 nitrogen and oxygen atoms in total. The van der Waals surface area contributed by atoms with Gasteiger partial charge >= 0.3 is 6.03 Å². The van der Waals surface area contributed by atoms with Gasteiger partial charge in [0.1, 0.15) is 12.3 Å². The number of piperazine rings is 1. The lowest BCUT2D eigenvalue weighted by Crippen LogP contribution is -2.56. The van der Waals surface area contributed by atoms with E-state index in [2.05, 4.69) is 27.4 Å². The number of nitrogens with zero attached hydrogens (tertiary/aromatic N) is 4. The molecule has 4 aliphatic heterocycles. The third-order valence-corrected chi connectivity index (χ3v) is 10.4. The van der Waals surface area contributed by atoms with Crippen molar-refractivity contribution in [2.24, 2.45) is 11.8 Å². The summed E-state index contributed by atoms with van der Waals surface area (Å²) in [4.78, 5) is 34.2. The highest BCUT2D eigenvalue weighted by atomic mass is 19.1. The van der Waals surface area contributed by atoms with Crippen LogP contribution in [-0.4, -0.2) is 126 Å². The molecule has 4 saturated heterocycles. The van der Waals surface area contributed by atoms with Gasteiger partial charge in [-0.25, -0.2) is 13.6 Å². The van der Waals surface area contributed by atoms with Crippen molar-refractivity contribution in [1.82, 2.24) is 30.2 Å². The van der Waals surface area contributed by atoms with Crippen molar-refractivity contribution < 1.29 is 18.4 Å². The fourth-order valence-corrected chi connectivity index (χ4v) is 8.37. The molecule has 0 aromatic heterocycles. The molecule has 0 aromatic carbocycles. The molecular weight excluding hydrogens is 478 g/mol. The Morgan fingerprint density at radius 2 is 1.70 bits per heavy atom. The fourth-order valence-electron chi connectivity index (χ4n) is 8.37. The molecule has 0 radical (unpaired) electrons.